The highest BCUT2D eigenvalue weighted by Gasteiger charge is 2.22. The molecule has 0 amide bonds. The maximum atomic E-state index is 9.89. The zero-order chi connectivity index (χ0) is 15.1. The van der Waals surface area contributed by atoms with E-state index in [1.54, 1.807) is 0 Å². The molecule has 21 heavy (non-hydrogen) atoms. The highest BCUT2D eigenvalue weighted by Crippen LogP contribution is 2.31. The molecule has 3 heteroatoms. The van der Waals surface area contributed by atoms with Crippen molar-refractivity contribution in [3.05, 3.63) is 71.8 Å². The molecule has 0 aliphatic rings. The Bertz CT molecular complexity index is 577. The van der Waals surface area contributed by atoms with Gasteiger partial charge in [0.25, 0.3) is 0 Å². The summed E-state index contributed by atoms with van der Waals surface area (Å²) >= 11 is 0. The van der Waals surface area contributed by atoms with Gasteiger partial charge >= 0.3 is 7.12 Å². The maximum Gasteiger partial charge on any atom is 0.489 e. The number of unbranched alkanes of at least 4 members (excludes halogenated alkanes) is 1. The van der Waals surface area contributed by atoms with Crippen molar-refractivity contribution in [2.45, 2.75) is 26.2 Å². The molecule has 0 saturated carbocycles. The molecule has 2 rings (SSSR count). The molecule has 0 unspecified atom stereocenters. The second kappa shape index (κ2) is 7.82. The quantitative estimate of drug-likeness (QED) is 0.624. The molecule has 0 aromatic heterocycles. The van der Waals surface area contributed by atoms with Gasteiger partial charge in [-0.05, 0) is 35.0 Å². The number of rotatable bonds is 6. The Kier molecular flexibility index (Phi) is 5.79. The third-order valence-corrected chi connectivity index (χ3v) is 3.57. The Morgan fingerprint density at radius 3 is 1.86 bits per heavy atom. The predicted octanol–water partition coefficient (Wildman–Crippen LogP) is 3.80. The lowest BCUT2D eigenvalue weighted by atomic mass is 9.70. The lowest BCUT2D eigenvalue weighted by Crippen LogP contribution is -2.16. The van der Waals surface area contributed by atoms with Crippen LogP contribution in [0.3, 0.4) is 0 Å². The van der Waals surface area contributed by atoms with Crippen molar-refractivity contribution in [1.29, 1.82) is 0 Å². The molecule has 0 heterocycles. The van der Waals surface area contributed by atoms with Crippen LogP contribution in [0.5, 0.6) is 0 Å². The van der Waals surface area contributed by atoms with Crippen LogP contribution in [0.1, 0.15) is 37.3 Å². The van der Waals surface area contributed by atoms with E-state index in [4.69, 9.17) is 0 Å². The third kappa shape index (κ3) is 4.07. The van der Waals surface area contributed by atoms with Crippen molar-refractivity contribution in [2.24, 2.45) is 0 Å². The highest BCUT2D eigenvalue weighted by molar-refractivity contribution is 6.68. The number of hydrogen-bond acceptors (Lipinski definition) is 2. The van der Waals surface area contributed by atoms with E-state index in [0.29, 0.717) is 5.47 Å². The molecule has 0 bridgehead atoms. The first kappa shape index (κ1) is 15.6. The van der Waals surface area contributed by atoms with Gasteiger partial charge in [0.2, 0.25) is 0 Å². The molecule has 0 aliphatic heterocycles. The summed E-state index contributed by atoms with van der Waals surface area (Å²) in [5.41, 5.74) is 3.54. The maximum absolute atomic E-state index is 9.89. The van der Waals surface area contributed by atoms with Crippen molar-refractivity contribution in [3.8, 4) is 0 Å². The van der Waals surface area contributed by atoms with E-state index in [2.05, 4.69) is 6.92 Å². The Balaban J connectivity index is 2.56. The van der Waals surface area contributed by atoms with E-state index in [-0.39, 0.29) is 0 Å². The molecule has 2 nitrogen and oxygen atoms in total. The highest BCUT2D eigenvalue weighted by atomic mass is 16.4. The van der Waals surface area contributed by atoms with Crippen molar-refractivity contribution >= 4 is 18.2 Å². The summed E-state index contributed by atoms with van der Waals surface area (Å²) in [7, 11) is -1.47. The van der Waals surface area contributed by atoms with Crippen LogP contribution in [0, 0.1) is 0 Å². The zero-order valence-corrected chi connectivity index (χ0v) is 12.4. The van der Waals surface area contributed by atoms with Crippen LogP contribution >= 0.6 is 0 Å². The van der Waals surface area contributed by atoms with Crippen LogP contribution in [-0.4, -0.2) is 17.2 Å². The monoisotopic (exact) mass is 280 g/mol. The molecule has 0 saturated heterocycles. The van der Waals surface area contributed by atoms with Crippen LogP contribution < -0.4 is 0 Å². The van der Waals surface area contributed by atoms with Gasteiger partial charge in [0.1, 0.15) is 0 Å². The fourth-order valence-corrected chi connectivity index (χ4v) is 2.52. The smallest absolute Gasteiger partial charge is 0.423 e. The van der Waals surface area contributed by atoms with E-state index < -0.39 is 7.12 Å². The molecule has 2 aromatic rings. The fourth-order valence-electron chi connectivity index (χ4n) is 2.52. The molecule has 0 aliphatic carbocycles. The van der Waals surface area contributed by atoms with Crippen LogP contribution in [0.4, 0.5) is 0 Å². The molecule has 108 valence electrons. The van der Waals surface area contributed by atoms with Gasteiger partial charge in [0.15, 0.2) is 0 Å². The minimum absolute atomic E-state index is 0.607. The summed E-state index contributed by atoms with van der Waals surface area (Å²) < 4.78 is 0. The van der Waals surface area contributed by atoms with E-state index in [1.165, 1.54) is 0 Å². The normalized spacial score (nSPS) is 12.0. The summed E-state index contributed by atoms with van der Waals surface area (Å²) in [6.07, 6.45) is 2.93. The number of hydrogen-bond donors (Lipinski definition) is 2. The molecule has 2 N–H and O–H groups in total. The van der Waals surface area contributed by atoms with Crippen LogP contribution in [-0.2, 0) is 0 Å². The Labute approximate surface area is 126 Å². The van der Waals surface area contributed by atoms with Crippen molar-refractivity contribution in [3.63, 3.8) is 0 Å². The largest absolute Gasteiger partial charge is 0.489 e. The van der Waals surface area contributed by atoms with E-state index in [1.807, 2.05) is 60.7 Å². The number of allylic oxidation sites excluding steroid dienone is 1. The zero-order valence-electron chi connectivity index (χ0n) is 12.4. The predicted molar refractivity (Wildman–Crippen MR) is 89.4 cm³/mol. The summed E-state index contributed by atoms with van der Waals surface area (Å²) in [5.74, 6) is 0. The minimum atomic E-state index is -1.47. The minimum Gasteiger partial charge on any atom is -0.423 e. The third-order valence-electron chi connectivity index (χ3n) is 3.57. The van der Waals surface area contributed by atoms with Gasteiger partial charge in [-0.3, -0.25) is 0 Å². The van der Waals surface area contributed by atoms with E-state index >= 15 is 0 Å². The Morgan fingerprint density at radius 1 is 0.857 bits per heavy atom. The van der Waals surface area contributed by atoms with Crippen molar-refractivity contribution in [2.75, 3.05) is 0 Å². The molecule has 0 fully saturated rings. The molecule has 0 atom stereocenters. The Hall–Kier alpha value is -1.84. The topological polar surface area (TPSA) is 40.5 Å². The number of benzene rings is 2. The van der Waals surface area contributed by atoms with Gasteiger partial charge in [-0.15, -0.1) is 0 Å². The van der Waals surface area contributed by atoms with E-state index in [9.17, 15) is 10.0 Å². The second-order valence-corrected chi connectivity index (χ2v) is 5.10. The first-order valence-corrected chi connectivity index (χ1v) is 7.44. The van der Waals surface area contributed by atoms with Gasteiger partial charge in [0.05, 0.1) is 0 Å². The van der Waals surface area contributed by atoms with Crippen molar-refractivity contribution < 1.29 is 10.0 Å². The summed E-state index contributed by atoms with van der Waals surface area (Å²) in [5, 5.41) is 19.8. The van der Waals surface area contributed by atoms with Gasteiger partial charge in [-0.25, -0.2) is 0 Å². The summed E-state index contributed by atoms with van der Waals surface area (Å²) in [6, 6.07) is 19.6. The van der Waals surface area contributed by atoms with Gasteiger partial charge in [-0.2, -0.15) is 0 Å². The molecule has 2 aromatic carbocycles. The second-order valence-electron chi connectivity index (χ2n) is 5.10. The lowest BCUT2D eigenvalue weighted by molar-refractivity contribution is 0.427. The fraction of sp³-hybridized carbons (Fsp3) is 0.222. The summed E-state index contributed by atoms with van der Waals surface area (Å²) in [6.45, 7) is 2.14. The standard InChI is InChI=1S/C18H21BO2/c1-2-3-14-17(15-10-6-4-7-11-15)18(19(20)21)16-12-8-5-9-13-16/h4-13,20-21H,2-3,14H2,1H3/b18-17-. The SMILES string of the molecule is CCCC/C(=C(/B(O)O)c1ccccc1)c1ccccc1. The van der Waals surface area contributed by atoms with Crippen LogP contribution in [0.15, 0.2) is 60.7 Å². The van der Waals surface area contributed by atoms with E-state index in [0.717, 1.165) is 36.0 Å². The first-order valence-electron chi connectivity index (χ1n) is 7.44. The molecular formula is C18H21BO2. The summed E-state index contributed by atoms with van der Waals surface area (Å²) in [4.78, 5) is 0. The van der Waals surface area contributed by atoms with Crippen molar-refractivity contribution in [1.82, 2.24) is 0 Å². The van der Waals surface area contributed by atoms with Gasteiger partial charge < -0.3 is 10.0 Å². The average molecular weight is 280 g/mol. The first-order chi connectivity index (χ1) is 10.2. The molecule has 0 radical (unpaired) electrons. The molecular weight excluding hydrogens is 259 g/mol. The Morgan fingerprint density at radius 2 is 1.38 bits per heavy atom. The lowest BCUT2D eigenvalue weighted by Gasteiger charge is -2.16. The average Bonchev–Trinajstić information content (AvgIpc) is 2.52. The molecule has 0 spiro atoms. The van der Waals surface area contributed by atoms with Gasteiger partial charge in [-0.1, -0.05) is 74.0 Å². The van der Waals surface area contributed by atoms with Gasteiger partial charge in [0, 0.05) is 0 Å². The van der Waals surface area contributed by atoms with Crippen LogP contribution in [0.2, 0.25) is 0 Å². The van der Waals surface area contributed by atoms with Crippen LogP contribution in [0.25, 0.3) is 11.0 Å².